The van der Waals surface area contributed by atoms with E-state index in [0.717, 1.165) is 19.3 Å². The van der Waals surface area contributed by atoms with Crippen LogP contribution in [-0.2, 0) is 14.4 Å². The number of carbonyl (C=O) groups excluding carboxylic acids is 1. The molecule has 0 saturated heterocycles. The van der Waals surface area contributed by atoms with Gasteiger partial charge in [-0.05, 0) is 24.7 Å². The standard InChI is InChI=1S/C13H20N2O4/c1-13(2)5-3-4-8(7-13)14-11(16)10-6-9(12(17)18)15-19-10/h8,10H,3-7H2,1-2H3,(H,14,16)(H,17,18). The second kappa shape index (κ2) is 5.19. The van der Waals surface area contributed by atoms with Gasteiger partial charge in [-0.1, -0.05) is 25.4 Å². The van der Waals surface area contributed by atoms with Crippen molar-refractivity contribution in [3.05, 3.63) is 0 Å². The number of oxime groups is 1. The van der Waals surface area contributed by atoms with E-state index in [0.29, 0.717) is 0 Å². The third-order valence-corrected chi connectivity index (χ3v) is 3.76. The molecule has 0 bridgehead atoms. The number of hydrogen-bond acceptors (Lipinski definition) is 4. The van der Waals surface area contributed by atoms with Crippen molar-refractivity contribution in [1.82, 2.24) is 5.32 Å². The zero-order chi connectivity index (χ0) is 14.0. The van der Waals surface area contributed by atoms with Crippen LogP contribution in [0.25, 0.3) is 0 Å². The lowest BCUT2D eigenvalue weighted by Gasteiger charge is -2.35. The molecule has 106 valence electrons. The minimum atomic E-state index is -1.13. The predicted molar refractivity (Wildman–Crippen MR) is 68.7 cm³/mol. The predicted octanol–water partition coefficient (Wildman–Crippen LogP) is 1.30. The number of carbonyl (C=O) groups is 2. The zero-order valence-electron chi connectivity index (χ0n) is 11.3. The molecule has 6 nitrogen and oxygen atoms in total. The van der Waals surface area contributed by atoms with Gasteiger partial charge < -0.3 is 15.3 Å². The molecule has 6 heteroatoms. The van der Waals surface area contributed by atoms with Gasteiger partial charge >= 0.3 is 5.97 Å². The first kappa shape index (κ1) is 13.8. The van der Waals surface area contributed by atoms with Gasteiger partial charge in [0.2, 0.25) is 6.10 Å². The van der Waals surface area contributed by atoms with E-state index in [1.807, 2.05) is 0 Å². The Morgan fingerprint density at radius 1 is 1.47 bits per heavy atom. The average molecular weight is 268 g/mol. The molecule has 1 fully saturated rings. The Labute approximate surface area is 112 Å². The Kier molecular flexibility index (Phi) is 3.78. The van der Waals surface area contributed by atoms with Crippen molar-refractivity contribution < 1.29 is 19.5 Å². The van der Waals surface area contributed by atoms with E-state index in [1.54, 1.807) is 0 Å². The summed E-state index contributed by atoms with van der Waals surface area (Å²) in [5.74, 6) is -1.39. The van der Waals surface area contributed by atoms with Gasteiger partial charge in [0.15, 0.2) is 5.71 Å². The lowest BCUT2D eigenvalue weighted by atomic mass is 9.75. The van der Waals surface area contributed by atoms with E-state index in [1.165, 1.54) is 6.42 Å². The first-order valence-corrected chi connectivity index (χ1v) is 6.64. The molecule has 19 heavy (non-hydrogen) atoms. The Bertz CT molecular complexity index is 417. The van der Waals surface area contributed by atoms with E-state index >= 15 is 0 Å². The molecule has 2 N–H and O–H groups in total. The monoisotopic (exact) mass is 268 g/mol. The molecule has 1 saturated carbocycles. The summed E-state index contributed by atoms with van der Waals surface area (Å²) in [6, 6.07) is 0.147. The maximum absolute atomic E-state index is 12.0. The van der Waals surface area contributed by atoms with E-state index in [2.05, 4.69) is 24.3 Å². The van der Waals surface area contributed by atoms with Crippen LogP contribution in [0.4, 0.5) is 0 Å². The number of nitrogens with zero attached hydrogens (tertiary/aromatic N) is 1. The van der Waals surface area contributed by atoms with E-state index in [4.69, 9.17) is 9.94 Å². The van der Waals surface area contributed by atoms with Gasteiger partial charge in [-0.25, -0.2) is 4.79 Å². The van der Waals surface area contributed by atoms with Crippen LogP contribution in [0.1, 0.15) is 46.0 Å². The summed E-state index contributed by atoms with van der Waals surface area (Å²) in [6.45, 7) is 4.39. The van der Waals surface area contributed by atoms with Crippen LogP contribution in [0, 0.1) is 5.41 Å². The molecule has 2 rings (SSSR count). The van der Waals surface area contributed by atoms with Gasteiger partial charge in [-0.15, -0.1) is 0 Å². The Balaban J connectivity index is 1.84. The van der Waals surface area contributed by atoms with Crippen LogP contribution in [0.5, 0.6) is 0 Å². The molecule has 2 atom stereocenters. The van der Waals surface area contributed by atoms with Crippen molar-refractivity contribution in [2.24, 2.45) is 10.6 Å². The van der Waals surface area contributed by atoms with Gasteiger partial charge in [-0.2, -0.15) is 0 Å². The molecule has 1 heterocycles. The second-order valence-electron chi connectivity index (χ2n) is 6.11. The molecule has 1 amide bonds. The highest BCUT2D eigenvalue weighted by Gasteiger charge is 2.34. The zero-order valence-corrected chi connectivity index (χ0v) is 11.3. The first-order chi connectivity index (χ1) is 8.87. The van der Waals surface area contributed by atoms with Crippen LogP contribution in [0.2, 0.25) is 0 Å². The number of aliphatic carboxylic acids is 1. The summed E-state index contributed by atoms with van der Waals surface area (Å²) in [4.78, 5) is 27.6. The number of nitrogens with one attached hydrogen (secondary N) is 1. The van der Waals surface area contributed by atoms with Crippen LogP contribution < -0.4 is 5.32 Å². The summed E-state index contributed by atoms with van der Waals surface area (Å²) in [5, 5.41) is 15.1. The van der Waals surface area contributed by atoms with Gasteiger partial charge in [-0.3, -0.25) is 4.79 Å². The van der Waals surface area contributed by atoms with Gasteiger partial charge in [0.1, 0.15) is 0 Å². The van der Waals surface area contributed by atoms with E-state index in [-0.39, 0.29) is 29.5 Å². The lowest BCUT2D eigenvalue weighted by molar-refractivity contribution is -0.132. The Hall–Kier alpha value is -1.59. The number of hydrogen-bond donors (Lipinski definition) is 2. The average Bonchev–Trinajstić information content (AvgIpc) is 2.76. The summed E-state index contributed by atoms with van der Waals surface area (Å²) in [7, 11) is 0. The highest BCUT2D eigenvalue weighted by molar-refractivity contribution is 6.36. The molecule has 0 aromatic heterocycles. The van der Waals surface area contributed by atoms with Gasteiger partial charge in [0, 0.05) is 12.5 Å². The Morgan fingerprint density at radius 2 is 2.21 bits per heavy atom. The fraction of sp³-hybridized carbons (Fsp3) is 0.769. The topological polar surface area (TPSA) is 88.0 Å². The maximum atomic E-state index is 12.0. The van der Waals surface area contributed by atoms with Crippen LogP contribution in [0.3, 0.4) is 0 Å². The maximum Gasteiger partial charge on any atom is 0.353 e. The largest absolute Gasteiger partial charge is 0.477 e. The van der Waals surface area contributed by atoms with Crippen molar-refractivity contribution in [3.8, 4) is 0 Å². The molecule has 1 aliphatic carbocycles. The quantitative estimate of drug-likeness (QED) is 0.807. The minimum absolute atomic E-state index is 0.0390. The molecule has 2 unspecified atom stereocenters. The van der Waals surface area contributed by atoms with Gasteiger partial charge in [0.05, 0.1) is 0 Å². The summed E-state index contributed by atoms with van der Waals surface area (Å²) < 4.78 is 0. The molecule has 1 aliphatic heterocycles. The Morgan fingerprint density at radius 3 is 2.79 bits per heavy atom. The van der Waals surface area contributed by atoms with E-state index < -0.39 is 12.1 Å². The highest BCUT2D eigenvalue weighted by Crippen LogP contribution is 2.35. The molecule has 0 spiro atoms. The number of rotatable bonds is 3. The minimum Gasteiger partial charge on any atom is -0.477 e. The van der Waals surface area contributed by atoms with Crippen molar-refractivity contribution >= 4 is 17.6 Å². The smallest absolute Gasteiger partial charge is 0.353 e. The number of amides is 1. The van der Waals surface area contributed by atoms with Crippen molar-refractivity contribution in [1.29, 1.82) is 0 Å². The van der Waals surface area contributed by atoms with Crippen molar-refractivity contribution in [2.45, 2.75) is 58.1 Å². The molecular formula is C13H20N2O4. The third-order valence-electron chi connectivity index (χ3n) is 3.76. The fourth-order valence-electron chi connectivity index (χ4n) is 2.76. The van der Waals surface area contributed by atoms with E-state index in [9.17, 15) is 9.59 Å². The summed E-state index contributed by atoms with van der Waals surface area (Å²) in [6.07, 6.45) is 3.42. The highest BCUT2D eigenvalue weighted by atomic mass is 16.6. The fourth-order valence-corrected chi connectivity index (χ4v) is 2.76. The number of carboxylic acids is 1. The summed E-state index contributed by atoms with van der Waals surface area (Å²) >= 11 is 0. The van der Waals surface area contributed by atoms with Crippen molar-refractivity contribution in [3.63, 3.8) is 0 Å². The van der Waals surface area contributed by atoms with Gasteiger partial charge in [0.25, 0.3) is 5.91 Å². The van der Waals surface area contributed by atoms with Crippen LogP contribution in [0.15, 0.2) is 5.16 Å². The molecular weight excluding hydrogens is 248 g/mol. The van der Waals surface area contributed by atoms with Crippen LogP contribution >= 0.6 is 0 Å². The third kappa shape index (κ3) is 3.45. The molecule has 0 aromatic carbocycles. The SMILES string of the molecule is CC1(C)CCCC(NC(=O)C2CC(C(=O)O)=NO2)C1. The van der Waals surface area contributed by atoms with Crippen molar-refractivity contribution in [2.75, 3.05) is 0 Å². The normalized spacial score (nSPS) is 29.3. The number of carboxylic acid groups (broad SMARTS) is 1. The molecule has 0 aromatic rings. The molecule has 2 aliphatic rings. The van der Waals surface area contributed by atoms with Crippen LogP contribution in [-0.4, -0.2) is 34.8 Å². The molecule has 0 radical (unpaired) electrons. The first-order valence-electron chi connectivity index (χ1n) is 6.64. The summed E-state index contributed by atoms with van der Waals surface area (Å²) in [5.41, 5.74) is 0.152. The lowest BCUT2D eigenvalue weighted by Crippen LogP contribution is -2.45. The second-order valence-corrected chi connectivity index (χ2v) is 6.11.